The first-order valence-corrected chi connectivity index (χ1v) is 10.5. The van der Waals surface area contributed by atoms with E-state index in [2.05, 4.69) is 15.6 Å². The van der Waals surface area contributed by atoms with Gasteiger partial charge >= 0.3 is 0 Å². The number of nitrogens with one attached hydrogen (secondary N) is 1. The third-order valence-corrected chi connectivity index (χ3v) is 5.79. The Labute approximate surface area is 194 Å². The maximum absolute atomic E-state index is 12.8. The molecule has 2 aromatic carbocycles. The number of ether oxygens (including phenoxy) is 1. The third kappa shape index (κ3) is 4.35. The van der Waals surface area contributed by atoms with Gasteiger partial charge in [0.05, 0.1) is 46.3 Å². The summed E-state index contributed by atoms with van der Waals surface area (Å²) >= 11 is 12.1. The van der Waals surface area contributed by atoms with Crippen LogP contribution in [0.2, 0.25) is 10.0 Å². The Kier molecular flexibility index (Phi) is 6.21. The molecule has 4 aromatic rings. The number of rotatable bonds is 6. The van der Waals surface area contributed by atoms with Gasteiger partial charge in [0.25, 0.3) is 5.91 Å². The van der Waals surface area contributed by atoms with Gasteiger partial charge in [0.15, 0.2) is 11.5 Å². The Morgan fingerprint density at radius 1 is 1.12 bits per heavy atom. The van der Waals surface area contributed by atoms with Crippen LogP contribution in [0.15, 0.2) is 53.1 Å². The summed E-state index contributed by atoms with van der Waals surface area (Å²) in [5.41, 5.74) is 3.92. The number of para-hydroxylation sites is 1. The summed E-state index contributed by atoms with van der Waals surface area (Å²) in [5.74, 6) is 0.678. The largest absolute Gasteiger partial charge is 0.496 e. The standard InChI is InChI=1S/C23H20Cl2N4O3/c1-13-22(14(2)29(27-13)12-15-8-9-17(24)18(25)10-15)26-23(30)19-11-21(32-28-19)16-6-4-5-7-20(16)31-3/h4-11H,12H2,1-3H3,(H,26,30). The van der Waals surface area contributed by atoms with Crippen LogP contribution in [0.25, 0.3) is 11.3 Å². The second-order valence-electron chi connectivity index (χ2n) is 7.18. The van der Waals surface area contributed by atoms with Crippen molar-refractivity contribution in [2.45, 2.75) is 20.4 Å². The van der Waals surface area contributed by atoms with Crippen molar-refractivity contribution in [3.8, 4) is 17.1 Å². The third-order valence-electron chi connectivity index (χ3n) is 5.05. The molecule has 2 heterocycles. The van der Waals surface area contributed by atoms with Crippen molar-refractivity contribution in [2.75, 3.05) is 12.4 Å². The normalized spacial score (nSPS) is 10.9. The highest BCUT2D eigenvalue weighted by Gasteiger charge is 2.20. The smallest absolute Gasteiger partial charge is 0.277 e. The summed E-state index contributed by atoms with van der Waals surface area (Å²) in [6.45, 7) is 4.20. The highest BCUT2D eigenvalue weighted by molar-refractivity contribution is 6.42. The number of aromatic nitrogens is 3. The molecule has 0 bridgehead atoms. The van der Waals surface area contributed by atoms with E-state index in [1.165, 1.54) is 0 Å². The van der Waals surface area contributed by atoms with Crippen LogP contribution in [-0.4, -0.2) is 28.0 Å². The number of halogens is 2. The zero-order chi connectivity index (χ0) is 22.8. The minimum Gasteiger partial charge on any atom is -0.496 e. The second kappa shape index (κ2) is 9.06. The summed E-state index contributed by atoms with van der Waals surface area (Å²) in [6.07, 6.45) is 0. The van der Waals surface area contributed by atoms with E-state index in [9.17, 15) is 4.79 Å². The van der Waals surface area contributed by atoms with Crippen molar-refractivity contribution < 1.29 is 14.1 Å². The molecule has 0 aliphatic rings. The highest BCUT2D eigenvalue weighted by atomic mass is 35.5. The van der Waals surface area contributed by atoms with Gasteiger partial charge in [-0.3, -0.25) is 9.48 Å². The van der Waals surface area contributed by atoms with E-state index < -0.39 is 5.91 Å². The Morgan fingerprint density at radius 3 is 2.66 bits per heavy atom. The topological polar surface area (TPSA) is 82.2 Å². The first kappa shape index (κ1) is 21.9. The number of methoxy groups -OCH3 is 1. The number of carbonyl (C=O) groups excluding carboxylic acids is 1. The van der Waals surface area contributed by atoms with Gasteiger partial charge in [-0.25, -0.2) is 0 Å². The van der Waals surface area contributed by atoms with Crippen LogP contribution in [0.1, 0.15) is 27.4 Å². The molecule has 7 nitrogen and oxygen atoms in total. The molecule has 0 saturated heterocycles. The molecule has 0 aliphatic carbocycles. The monoisotopic (exact) mass is 470 g/mol. The Morgan fingerprint density at radius 2 is 1.91 bits per heavy atom. The molecular weight excluding hydrogens is 451 g/mol. The van der Waals surface area contributed by atoms with Gasteiger partial charge in [-0.15, -0.1) is 0 Å². The fraction of sp³-hybridized carbons (Fsp3) is 0.174. The minimum absolute atomic E-state index is 0.155. The van der Waals surface area contributed by atoms with E-state index in [-0.39, 0.29) is 5.69 Å². The molecule has 32 heavy (non-hydrogen) atoms. The van der Waals surface area contributed by atoms with Gasteiger partial charge in [-0.2, -0.15) is 5.10 Å². The summed E-state index contributed by atoms with van der Waals surface area (Å²) in [6, 6.07) is 14.4. The van der Waals surface area contributed by atoms with Crippen LogP contribution >= 0.6 is 23.2 Å². The van der Waals surface area contributed by atoms with Crippen LogP contribution in [0, 0.1) is 13.8 Å². The van der Waals surface area contributed by atoms with Gasteiger partial charge in [0, 0.05) is 6.07 Å². The number of aryl methyl sites for hydroxylation is 1. The number of benzene rings is 2. The average molecular weight is 471 g/mol. The SMILES string of the molecule is COc1ccccc1-c1cc(C(=O)Nc2c(C)nn(Cc3ccc(Cl)c(Cl)c3)c2C)no1. The molecular formula is C23H20Cl2N4O3. The molecule has 2 aromatic heterocycles. The molecule has 1 amide bonds. The predicted octanol–water partition coefficient (Wildman–Crippen LogP) is 5.77. The molecule has 0 saturated carbocycles. The summed E-state index contributed by atoms with van der Waals surface area (Å²) in [4.78, 5) is 12.8. The van der Waals surface area contributed by atoms with Gasteiger partial charge in [0.1, 0.15) is 5.75 Å². The summed E-state index contributed by atoms with van der Waals surface area (Å²) in [7, 11) is 1.57. The average Bonchev–Trinajstić information content (AvgIpc) is 3.37. The molecule has 1 N–H and O–H groups in total. The van der Waals surface area contributed by atoms with Gasteiger partial charge in [-0.05, 0) is 43.7 Å². The van der Waals surface area contributed by atoms with E-state index in [1.807, 2.05) is 44.2 Å². The molecule has 0 fully saturated rings. The molecule has 164 valence electrons. The minimum atomic E-state index is -0.393. The highest BCUT2D eigenvalue weighted by Crippen LogP contribution is 2.30. The number of hydrogen-bond acceptors (Lipinski definition) is 5. The fourth-order valence-corrected chi connectivity index (χ4v) is 3.70. The Bertz CT molecular complexity index is 1300. The predicted molar refractivity (Wildman–Crippen MR) is 124 cm³/mol. The number of anilines is 1. The van der Waals surface area contributed by atoms with Crippen molar-refractivity contribution in [3.05, 3.63) is 81.2 Å². The van der Waals surface area contributed by atoms with E-state index in [4.69, 9.17) is 32.5 Å². The molecule has 9 heteroatoms. The van der Waals surface area contributed by atoms with Crippen LogP contribution < -0.4 is 10.1 Å². The second-order valence-corrected chi connectivity index (χ2v) is 8.00. The van der Waals surface area contributed by atoms with E-state index >= 15 is 0 Å². The lowest BCUT2D eigenvalue weighted by molar-refractivity contribution is 0.101. The maximum atomic E-state index is 12.8. The maximum Gasteiger partial charge on any atom is 0.277 e. The number of hydrogen-bond donors (Lipinski definition) is 1. The first-order valence-electron chi connectivity index (χ1n) is 9.76. The molecule has 0 spiro atoms. The summed E-state index contributed by atoms with van der Waals surface area (Å²) < 4.78 is 12.5. The van der Waals surface area contributed by atoms with Crippen LogP contribution in [0.3, 0.4) is 0 Å². The van der Waals surface area contributed by atoms with E-state index in [0.29, 0.717) is 45.0 Å². The van der Waals surface area contributed by atoms with E-state index in [0.717, 1.165) is 11.3 Å². The number of amides is 1. The van der Waals surface area contributed by atoms with Gasteiger partial charge in [0.2, 0.25) is 0 Å². The lowest BCUT2D eigenvalue weighted by Crippen LogP contribution is -2.13. The van der Waals surface area contributed by atoms with Crippen LogP contribution in [0.4, 0.5) is 5.69 Å². The van der Waals surface area contributed by atoms with Gasteiger partial charge in [-0.1, -0.05) is 46.6 Å². The van der Waals surface area contributed by atoms with Crippen molar-refractivity contribution >= 4 is 34.8 Å². The zero-order valence-corrected chi connectivity index (χ0v) is 19.2. The van der Waals surface area contributed by atoms with E-state index in [1.54, 1.807) is 30.0 Å². The quantitative estimate of drug-likeness (QED) is 0.386. The molecule has 0 unspecified atom stereocenters. The van der Waals surface area contributed by atoms with Crippen LogP contribution in [-0.2, 0) is 6.54 Å². The van der Waals surface area contributed by atoms with Gasteiger partial charge < -0.3 is 14.6 Å². The summed E-state index contributed by atoms with van der Waals surface area (Å²) in [5, 5.41) is 12.3. The van der Waals surface area contributed by atoms with Crippen molar-refractivity contribution in [1.82, 2.24) is 14.9 Å². The Balaban J connectivity index is 1.54. The molecule has 4 rings (SSSR count). The lowest BCUT2D eigenvalue weighted by atomic mass is 10.1. The fourth-order valence-electron chi connectivity index (χ4n) is 3.38. The Hall–Kier alpha value is -3.29. The number of nitrogens with zero attached hydrogens (tertiary/aromatic N) is 3. The van der Waals surface area contributed by atoms with Crippen LogP contribution in [0.5, 0.6) is 5.75 Å². The van der Waals surface area contributed by atoms with Crippen molar-refractivity contribution in [1.29, 1.82) is 0 Å². The first-order chi connectivity index (χ1) is 15.4. The molecule has 0 atom stereocenters. The van der Waals surface area contributed by atoms with Crippen molar-refractivity contribution in [3.63, 3.8) is 0 Å². The molecule has 0 aliphatic heterocycles. The van der Waals surface area contributed by atoms with Crippen molar-refractivity contribution in [2.24, 2.45) is 0 Å². The number of carbonyl (C=O) groups is 1. The zero-order valence-electron chi connectivity index (χ0n) is 17.6. The molecule has 0 radical (unpaired) electrons. The lowest BCUT2D eigenvalue weighted by Gasteiger charge is -2.07.